The number of anilines is 2. The Bertz CT molecular complexity index is 1190. The Morgan fingerprint density at radius 3 is 2.10 bits per heavy atom. The highest BCUT2D eigenvalue weighted by molar-refractivity contribution is 6.09. The van der Waals surface area contributed by atoms with Crippen molar-refractivity contribution < 1.29 is 13.9 Å². The van der Waals surface area contributed by atoms with Crippen molar-refractivity contribution in [3.05, 3.63) is 90.2 Å². The van der Waals surface area contributed by atoms with Gasteiger partial charge >= 0.3 is 0 Å². The number of ether oxygens (including phenoxy) is 1. The van der Waals surface area contributed by atoms with Crippen LogP contribution >= 0.6 is 0 Å². The molecule has 5 rings (SSSR count). The molecule has 5 heteroatoms. The predicted octanol–water partition coefficient (Wildman–Crippen LogP) is 5.00. The topological polar surface area (TPSA) is 45.9 Å². The first-order valence-corrected chi connectivity index (χ1v) is 10.5. The summed E-state index contributed by atoms with van der Waals surface area (Å²) in [4.78, 5) is 17.7. The van der Waals surface area contributed by atoms with Crippen molar-refractivity contribution in [2.45, 2.75) is 0 Å². The molecule has 1 aliphatic rings. The number of piperazine rings is 1. The predicted molar refractivity (Wildman–Crippen MR) is 124 cm³/mol. The highest BCUT2D eigenvalue weighted by atomic mass is 16.5. The van der Waals surface area contributed by atoms with Gasteiger partial charge in [-0.25, -0.2) is 0 Å². The highest BCUT2D eigenvalue weighted by Crippen LogP contribution is 2.26. The summed E-state index contributed by atoms with van der Waals surface area (Å²) in [6, 6.07) is 25.7. The Morgan fingerprint density at radius 1 is 0.806 bits per heavy atom. The lowest BCUT2D eigenvalue weighted by Gasteiger charge is -2.37. The monoisotopic (exact) mass is 412 g/mol. The number of hydrogen-bond acceptors (Lipinski definition) is 5. The Kier molecular flexibility index (Phi) is 5.08. The number of benzene rings is 3. The number of para-hydroxylation sites is 1. The van der Waals surface area contributed by atoms with E-state index in [1.165, 1.54) is 5.69 Å². The minimum Gasteiger partial charge on any atom is -0.497 e. The van der Waals surface area contributed by atoms with E-state index in [2.05, 4.69) is 34.1 Å². The maximum atomic E-state index is 12.9. The number of methoxy groups -OCH3 is 1. The molecule has 0 unspecified atom stereocenters. The van der Waals surface area contributed by atoms with Crippen LogP contribution in [-0.2, 0) is 0 Å². The lowest BCUT2D eigenvalue weighted by atomic mass is 10.1. The standard InChI is InChI=1S/C26H24N2O3/c1-30-23-12-9-20-17-25(31-24(20)18-23)26(29)19-7-10-22(11-8-19)28-15-13-27(14-16-28)21-5-3-2-4-6-21/h2-12,17-18H,13-16H2,1H3. The van der Waals surface area contributed by atoms with Crippen LogP contribution < -0.4 is 14.5 Å². The summed E-state index contributed by atoms with van der Waals surface area (Å²) < 4.78 is 11.0. The average Bonchev–Trinajstić information content (AvgIpc) is 3.28. The Labute approximate surface area is 181 Å². The summed E-state index contributed by atoms with van der Waals surface area (Å²) in [7, 11) is 1.61. The molecule has 1 fully saturated rings. The lowest BCUT2D eigenvalue weighted by molar-refractivity contribution is 0.101. The molecule has 0 spiro atoms. The van der Waals surface area contributed by atoms with Gasteiger partial charge in [0.05, 0.1) is 7.11 Å². The van der Waals surface area contributed by atoms with Crippen LogP contribution in [0.3, 0.4) is 0 Å². The van der Waals surface area contributed by atoms with Gasteiger partial charge in [-0.1, -0.05) is 18.2 Å². The zero-order valence-corrected chi connectivity index (χ0v) is 17.5. The Hall–Kier alpha value is -3.73. The molecular weight excluding hydrogens is 388 g/mol. The first-order valence-electron chi connectivity index (χ1n) is 10.5. The smallest absolute Gasteiger partial charge is 0.228 e. The van der Waals surface area contributed by atoms with Crippen molar-refractivity contribution in [1.29, 1.82) is 0 Å². The van der Waals surface area contributed by atoms with Gasteiger partial charge in [-0.2, -0.15) is 0 Å². The van der Waals surface area contributed by atoms with Crippen LogP contribution in [0.4, 0.5) is 11.4 Å². The van der Waals surface area contributed by atoms with Gasteiger partial charge in [0.25, 0.3) is 0 Å². The third kappa shape index (κ3) is 3.87. The van der Waals surface area contributed by atoms with Gasteiger partial charge in [-0.3, -0.25) is 4.79 Å². The number of rotatable bonds is 5. The van der Waals surface area contributed by atoms with Crippen molar-refractivity contribution >= 4 is 28.1 Å². The number of fused-ring (bicyclic) bond motifs is 1. The van der Waals surface area contributed by atoms with Crippen LogP contribution in [0.15, 0.2) is 83.3 Å². The van der Waals surface area contributed by atoms with Gasteiger partial charge in [0.2, 0.25) is 5.78 Å². The highest BCUT2D eigenvalue weighted by Gasteiger charge is 2.19. The number of carbonyl (C=O) groups excluding carboxylic acids is 1. The molecule has 4 aromatic rings. The second-order valence-electron chi connectivity index (χ2n) is 7.70. The molecule has 0 amide bonds. The quantitative estimate of drug-likeness (QED) is 0.432. The molecule has 0 radical (unpaired) electrons. The lowest BCUT2D eigenvalue weighted by Crippen LogP contribution is -2.46. The van der Waals surface area contributed by atoms with Crippen LogP contribution in [0.1, 0.15) is 16.1 Å². The first kappa shape index (κ1) is 19.2. The second-order valence-corrected chi connectivity index (χ2v) is 7.70. The van der Waals surface area contributed by atoms with Crippen molar-refractivity contribution in [3.63, 3.8) is 0 Å². The normalized spacial score (nSPS) is 14.1. The van der Waals surface area contributed by atoms with E-state index in [0.717, 1.165) is 37.3 Å². The van der Waals surface area contributed by atoms with Crippen LogP contribution in [0, 0.1) is 0 Å². The van der Waals surface area contributed by atoms with Crippen molar-refractivity contribution in [1.82, 2.24) is 0 Å². The molecule has 0 N–H and O–H groups in total. The molecule has 5 nitrogen and oxygen atoms in total. The molecule has 1 aromatic heterocycles. The number of ketones is 1. The summed E-state index contributed by atoms with van der Waals surface area (Å²) in [6.45, 7) is 3.86. The third-order valence-electron chi connectivity index (χ3n) is 5.85. The number of nitrogens with zero attached hydrogens (tertiary/aromatic N) is 2. The van der Waals surface area contributed by atoms with Crippen molar-refractivity contribution in [2.75, 3.05) is 43.1 Å². The van der Waals surface area contributed by atoms with Gasteiger partial charge in [-0.15, -0.1) is 0 Å². The second kappa shape index (κ2) is 8.19. The molecule has 1 aliphatic heterocycles. The summed E-state index contributed by atoms with van der Waals surface area (Å²) >= 11 is 0. The molecule has 31 heavy (non-hydrogen) atoms. The summed E-state index contributed by atoms with van der Waals surface area (Å²) in [5.74, 6) is 0.931. The van der Waals surface area contributed by atoms with Crippen molar-refractivity contribution in [2.24, 2.45) is 0 Å². The fraction of sp³-hybridized carbons (Fsp3) is 0.192. The zero-order chi connectivity index (χ0) is 21.2. The maximum absolute atomic E-state index is 12.9. The molecule has 0 aliphatic carbocycles. The molecule has 0 saturated carbocycles. The van der Waals surface area contributed by atoms with Gasteiger partial charge in [0.1, 0.15) is 11.3 Å². The molecule has 156 valence electrons. The largest absolute Gasteiger partial charge is 0.497 e. The van der Waals surface area contributed by atoms with E-state index >= 15 is 0 Å². The van der Waals surface area contributed by atoms with E-state index in [1.807, 2.05) is 42.5 Å². The van der Waals surface area contributed by atoms with E-state index in [1.54, 1.807) is 19.2 Å². The zero-order valence-electron chi connectivity index (χ0n) is 17.5. The van der Waals surface area contributed by atoms with E-state index in [9.17, 15) is 4.79 Å². The molecule has 0 bridgehead atoms. The van der Waals surface area contributed by atoms with Gasteiger partial charge in [0, 0.05) is 54.6 Å². The molecular formula is C26H24N2O3. The van der Waals surface area contributed by atoms with Gasteiger partial charge < -0.3 is 19.0 Å². The van der Waals surface area contributed by atoms with E-state index < -0.39 is 0 Å². The fourth-order valence-electron chi connectivity index (χ4n) is 4.08. The molecule has 1 saturated heterocycles. The molecule has 3 aromatic carbocycles. The fourth-order valence-corrected chi connectivity index (χ4v) is 4.08. The number of furan rings is 1. The van der Waals surface area contributed by atoms with Crippen LogP contribution in [-0.4, -0.2) is 39.1 Å². The summed E-state index contributed by atoms with van der Waals surface area (Å²) in [6.07, 6.45) is 0. The van der Waals surface area contributed by atoms with Crippen molar-refractivity contribution in [3.8, 4) is 5.75 Å². The SMILES string of the molecule is COc1ccc2cc(C(=O)c3ccc(N4CCN(c5ccccc5)CC4)cc3)oc2c1. The van der Waals surface area contributed by atoms with E-state index in [0.29, 0.717) is 22.7 Å². The van der Waals surface area contributed by atoms with Crippen LogP contribution in [0.5, 0.6) is 5.75 Å². The Balaban J connectivity index is 1.27. The van der Waals surface area contributed by atoms with Crippen LogP contribution in [0.25, 0.3) is 11.0 Å². The van der Waals surface area contributed by atoms with E-state index in [4.69, 9.17) is 9.15 Å². The van der Waals surface area contributed by atoms with Gasteiger partial charge in [-0.05, 0) is 54.6 Å². The minimum absolute atomic E-state index is 0.115. The minimum atomic E-state index is -0.115. The summed E-state index contributed by atoms with van der Waals surface area (Å²) in [5.41, 5.74) is 3.68. The average molecular weight is 412 g/mol. The number of hydrogen-bond donors (Lipinski definition) is 0. The molecule has 0 atom stereocenters. The van der Waals surface area contributed by atoms with Crippen LogP contribution in [0.2, 0.25) is 0 Å². The first-order chi connectivity index (χ1) is 15.2. The summed E-state index contributed by atoms with van der Waals surface area (Å²) in [5, 5.41) is 0.886. The maximum Gasteiger partial charge on any atom is 0.228 e. The third-order valence-corrected chi connectivity index (χ3v) is 5.85. The Morgan fingerprint density at radius 2 is 1.45 bits per heavy atom. The molecule has 2 heterocycles. The number of carbonyl (C=O) groups is 1. The van der Waals surface area contributed by atoms with Gasteiger partial charge in [0.15, 0.2) is 5.76 Å². The van der Waals surface area contributed by atoms with E-state index in [-0.39, 0.29) is 5.78 Å².